The zero-order chi connectivity index (χ0) is 12.5. The third-order valence-corrected chi connectivity index (χ3v) is 3.83. The molecule has 0 aromatic carbocycles. The number of imidazole rings is 1. The zero-order valence-electron chi connectivity index (χ0n) is 11.1. The summed E-state index contributed by atoms with van der Waals surface area (Å²) in [4.78, 5) is 9.32. The average molecular weight is 244 g/mol. The van der Waals surface area contributed by atoms with Crippen molar-refractivity contribution in [1.29, 1.82) is 0 Å². The fourth-order valence-electron chi connectivity index (χ4n) is 2.86. The third-order valence-electron chi connectivity index (χ3n) is 3.83. The molecule has 4 nitrogen and oxygen atoms in total. The molecule has 3 rings (SSSR count). The van der Waals surface area contributed by atoms with Gasteiger partial charge in [0.05, 0.1) is 0 Å². The van der Waals surface area contributed by atoms with Gasteiger partial charge in [0, 0.05) is 25.2 Å². The molecule has 2 unspecified atom stereocenters. The predicted molar refractivity (Wildman–Crippen MR) is 72.6 cm³/mol. The van der Waals surface area contributed by atoms with Gasteiger partial charge in [-0.3, -0.25) is 0 Å². The minimum absolute atomic E-state index is 0.519. The highest BCUT2D eigenvalue weighted by atomic mass is 15.1. The van der Waals surface area contributed by atoms with E-state index in [0.717, 1.165) is 37.2 Å². The van der Waals surface area contributed by atoms with Gasteiger partial charge in [-0.1, -0.05) is 13.8 Å². The van der Waals surface area contributed by atoms with Crippen molar-refractivity contribution in [1.82, 2.24) is 19.9 Å². The molecule has 1 N–H and O–H groups in total. The standard InChI is InChI=1S/C14H20N4/c1-3-7-18-13(11-9-15-8-10(11)2)17-12-5-4-6-16-14(12)18/h4-6,10-11,15H,3,7-9H2,1-2H3. The molecule has 0 amide bonds. The first-order valence-corrected chi connectivity index (χ1v) is 6.83. The second kappa shape index (κ2) is 4.69. The summed E-state index contributed by atoms with van der Waals surface area (Å²) < 4.78 is 2.31. The smallest absolute Gasteiger partial charge is 0.159 e. The van der Waals surface area contributed by atoms with Gasteiger partial charge in [-0.2, -0.15) is 0 Å². The second-order valence-corrected chi connectivity index (χ2v) is 5.21. The van der Waals surface area contributed by atoms with Gasteiger partial charge in [0.25, 0.3) is 0 Å². The van der Waals surface area contributed by atoms with Gasteiger partial charge in [0.15, 0.2) is 5.65 Å². The quantitative estimate of drug-likeness (QED) is 0.899. The van der Waals surface area contributed by atoms with Crippen molar-refractivity contribution < 1.29 is 0 Å². The first-order valence-electron chi connectivity index (χ1n) is 6.83. The maximum absolute atomic E-state index is 4.82. The van der Waals surface area contributed by atoms with Crippen molar-refractivity contribution >= 4 is 11.2 Å². The van der Waals surface area contributed by atoms with Crippen LogP contribution in [0.5, 0.6) is 0 Å². The van der Waals surface area contributed by atoms with Crippen molar-refractivity contribution in [2.75, 3.05) is 13.1 Å². The Labute approximate surface area is 107 Å². The van der Waals surface area contributed by atoms with Crippen molar-refractivity contribution in [3.8, 4) is 0 Å². The SMILES string of the molecule is CCCn1c(C2CNCC2C)nc2cccnc21. The van der Waals surface area contributed by atoms with E-state index < -0.39 is 0 Å². The Kier molecular flexibility index (Phi) is 3.04. The number of aromatic nitrogens is 3. The number of pyridine rings is 1. The van der Waals surface area contributed by atoms with Crippen LogP contribution in [0.4, 0.5) is 0 Å². The molecule has 18 heavy (non-hydrogen) atoms. The Morgan fingerprint density at radius 2 is 2.33 bits per heavy atom. The lowest BCUT2D eigenvalue weighted by molar-refractivity contribution is 0.513. The van der Waals surface area contributed by atoms with E-state index in [2.05, 4.69) is 34.8 Å². The second-order valence-electron chi connectivity index (χ2n) is 5.21. The summed E-state index contributed by atoms with van der Waals surface area (Å²) >= 11 is 0. The Balaban J connectivity index is 2.12. The molecule has 1 fully saturated rings. The van der Waals surface area contributed by atoms with Crippen LogP contribution in [0, 0.1) is 5.92 Å². The molecule has 0 bridgehead atoms. The highest BCUT2D eigenvalue weighted by molar-refractivity contribution is 5.71. The highest BCUT2D eigenvalue weighted by Gasteiger charge is 2.29. The van der Waals surface area contributed by atoms with E-state index in [4.69, 9.17) is 4.98 Å². The molecular formula is C14H20N4. The molecule has 3 heterocycles. The molecule has 96 valence electrons. The fraction of sp³-hybridized carbons (Fsp3) is 0.571. The van der Waals surface area contributed by atoms with Crippen molar-refractivity contribution in [3.63, 3.8) is 0 Å². The monoisotopic (exact) mass is 244 g/mol. The van der Waals surface area contributed by atoms with Crippen LogP contribution < -0.4 is 5.32 Å². The van der Waals surface area contributed by atoms with E-state index in [1.807, 2.05) is 12.3 Å². The van der Waals surface area contributed by atoms with Crippen LogP contribution in [0.3, 0.4) is 0 Å². The first kappa shape index (κ1) is 11.7. The van der Waals surface area contributed by atoms with Gasteiger partial charge in [-0.15, -0.1) is 0 Å². The topological polar surface area (TPSA) is 42.7 Å². The van der Waals surface area contributed by atoms with Crippen LogP contribution in [-0.4, -0.2) is 27.6 Å². The average Bonchev–Trinajstić information content (AvgIpc) is 2.94. The van der Waals surface area contributed by atoms with Crippen LogP contribution in [0.1, 0.15) is 32.0 Å². The minimum Gasteiger partial charge on any atom is -0.316 e. The van der Waals surface area contributed by atoms with Crippen molar-refractivity contribution in [2.24, 2.45) is 5.92 Å². The number of aryl methyl sites for hydroxylation is 1. The third kappa shape index (κ3) is 1.81. The van der Waals surface area contributed by atoms with E-state index >= 15 is 0 Å². The van der Waals surface area contributed by atoms with Gasteiger partial charge in [0.1, 0.15) is 11.3 Å². The number of fused-ring (bicyclic) bond motifs is 1. The van der Waals surface area contributed by atoms with Gasteiger partial charge in [-0.05, 0) is 31.0 Å². The molecule has 0 spiro atoms. The summed E-state index contributed by atoms with van der Waals surface area (Å²) in [6, 6.07) is 4.02. The van der Waals surface area contributed by atoms with Crippen molar-refractivity contribution in [2.45, 2.75) is 32.7 Å². The summed E-state index contributed by atoms with van der Waals surface area (Å²) in [5, 5.41) is 3.46. The Morgan fingerprint density at radius 3 is 3.06 bits per heavy atom. The minimum atomic E-state index is 0.519. The summed E-state index contributed by atoms with van der Waals surface area (Å²) in [6.45, 7) is 7.64. The first-order chi connectivity index (χ1) is 8.81. The van der Waals surface area contributed by atoms with Gasteiger partial charge >= 0.3 is 0 Å². The Hall–Kier alpha value is -1.42. The number of nitrogens with zero attached hydrogens (tertiary/aromatic N) is 3. The van der Waals surface area contributed by atoms with Crippen LogP contribution in [0.15, 0.2) is 18.3 Å². The van der Waals surface area contributed by atoms with Crippen LogP contribution in [0.25, 0.3) is 11.2 Å². The van der Waals surface area contributed by atoms with Gasteiger partial charge in [0.2, 0.25) is 0 Å². The lowest BCUT2D eigenvalue weighted by Crippen LogP contribution is -2.15. The summed E-state index contributed by atoms with van der Waals surface area (Å²) in [5.74, 6) is 2.38. The number of nitrogens with one attached hydrogen (secondary N) is 1. The molecule has 1 saturated heterocycles. The molecule has 2 aromatic heterocycles. The molecule has 0 saturated carbocycles. The summed E-state index contributed by atoms with van der Waals surface area (Å²) in [7, 11) is 0. The van der Waals surface area contributed by atoms with E-state index in [9.17, 15) is 0 Å². The maximum Gasteiger partial charge on any atom is 0.159 e. The molecule has 1 aliphatic rings. The lowest BCUT2D eigenvalue weighted by Gasteiger charge is -2.15. The van der Waals surface area contributed by atoms with Crippen molar-refractivity contribution in [3.05, 3.63) is 24.2 Å². The van der Waals surface area contributed by atoms with Gasteiger partial charge in [-0.25, -0.2) is 9.97 Å². The number of rotatable bonds is 3. The van der Waals surface area contributed by atoms with E-state index in [1.165, 1.54) is 5.82 Å². The maximum atomic E-state index is 4.82. The lowest BCUT2D eigenvalue weighted by atomic mass is 9.97. The molecule has 2 atom stereocenters. The molecule has 1 aliphatic heterocycles. The van der Waals surface area contributed by atoms with E-state index in [0.29, 0.717) is 11.8 Å². The van der Waals surface area contributed by atoms with E-state index in [1.54, 1.807) is 0 Å². The molecule has 0 radical (unpaired) electrons. The highest BCUT2D eigenvalue weighted by Crippen LogP contribution is 2.29. The Bertz CT molecular complexity index is 546. The molecule has 0 aliphatic carbocycles. The summed E-state index contributed by atoms with van der Waals surface area (Å²) in [5.41, 5.74) is 2.06. The fourth-order valence-corrected chi connectivity index (χ4v) is 2.86. The largest absolute Gasteiger partial charge is 0.316 e. The Morgan fingerprint density at radius 1 is 1.44 bits per heavy atom. The molecular weight excluding hydrogens is 224 g/mol. The van der Waals surface area contributed by atoms with Gasteiger partial charge < -0.3 is 9.88 Å². The number of hydrogen-bond donors (Lipinski definition) is 1. The van der Waals surface area contributed by atoms with Crippen LogP contribution in [-0.2, 0) is 6.54 Å². The normalized spacial score (nSPS) is 23.9. The molecule has 4 heteroatoms. The van der Waals surface area contributed by atoms with Crippen LogP contribution in [0.2, 0.25) is 0 Å². The summed E-state index contributed by atoms with van der Waals surface area (Å²) in [6.07, 6.45) is 2.97. The predicted octanol–water partition coefficient (Wildman–Crippen LogP) is 2.16. The molecule has 2 aromatic rings. The number of hydrogen-bond acceptors (Lipinski definition) is 3. The van der Waals surface area contributed by atoms with Crippen LogP contribution >= 0.6 is 0 Å². The van der Waals surface area contributed by atoms with E-state index in [-0.39, 0.29) is 0 Å². The zero-order valence-corrected chi connectivity index (χ0v) is 11.1.